The Morgan fingerprint density at radius 3 is 2.71 bits per heavy atom. The van der Waals surface area contributed by atoms with Gasteiger partial charge in [-0.3, -0.25) is 4.79 Å². The first-order valence-corrected chi connectivity index (χ1v) is 8.98. The molecule has 3 heterocycles. The van der Waals surface area contributed by atoms with Crippen molar-refractivity contribution in [2.24, 2.45) is 0 Å². The van der Waals surface area contributed by atoms with Gasteiger partial charge in [-0.1, -0.05) is 17.8 Å². The van der Waals surface area contributed by atoms with Crippen LogP contribution < -0.4 is 4.90 Å². The topological polar surface area (TPSA) is 80.0 Å². The van der Waals surface area contributed by atoms with Crippen LogP contribution in [-0.4, -0.2) is 67.9 Å². The first kappa shape index (κ1) is 16.7. The molecule has 9 heteroatoms. The summed E-state index contributed by atoms with van der Waals surface area (Å²) in [6.45, 7) is 7.06. The normalized spacial score (nSPS) is 15.1. The van der Waals surface area contributed by atoms with Crippen LogP contribution in [0.15, 0.2) is 29.6 Å². The van der Waals surface area contributed by atoms with Crippen molar-refractivity contribution in [2.45, 2.75) is 25.0 Å². The van der Waals surface area contributed by atoms with Crippen molar-refractivity contribution in [1.82, 2.24) is 30.1 Å². The van der Waals surface area contributed by atoms with E-state index in [2.05, 4.69) is 25.4 Å². The van der Waals surface area contributed by atoms with Gasteiger partial charge in [0.25, 0.3) is 0 Å². The highest BCUT2D eigenvalue weighted by molar-refractivity contribution is 7.99. The number of piperazine rings is 1. The second-order valence-electron chi connectivity index (χ2n) is 5.84. The Balaban J connectivity index is 1.49. The van der Waals surface area contributed by atoms with E-state index in [9.17, 15) is 4.79 Å². The lowest BCUT2D eigenvalue weighted by atomic mass is 10.3. The van der Waals surface area contributed by atoms with E-state index >= 15 is 0 Å². The molecule has 1 aliphatic heterocycles. The number of aromatic nitrogens is 5. The minimum Gasteiger partial charge on any atom is -0.353 e. The molecule has 1 saturated heterocycles. The van der Waals surface area contributed by atoms with E-state index in [1.54, 1.807) is 10.9 Å². The van der Waals surface area contributed by atoms with Gasteiger partial charge in [-0.25, -0.2) is 9.67 Å². The number of pyridine rings is 1. The summed E-state index contributed by atoms with van der Waals surface area (Å²) in [4.78, 5) is 20.9. The maximum absolute atomic E-state index is 12.4. The molecule has 1 aliphatic rings. The first-order valence-electron chi connectivity index (χ1n) is 7.99. The summed E-state index contributed by atoms with van der Waals surface area (Å²) >= 11 is 1.39. The average molecular weight is 347 g/mol. The number of carbonyl (C=O) groups excluding carboxylic acids is 1. The minimum absolute atomic E-state index is 0.124. The third-order valence-electron chi connectivity index (χ3n) is 3.88. The van der Waals surface area contributed by atoms with E-state index in [1.807, 2.05) is 36.9 Å². The average Bonchev–Trinajstić information content (AvgIpc) is 3.09. The van der Waals surface area contributed by atoms with E-state index < -0.39 is 0 Å². The number of rotatable bonds is 5. The number of amides is 1. The molecule has 0 aliphatic carbocycles. The number of carbonyl (C=O) groups is 1. The summed E-state index contributed by atoms with van der Waals surface area (Å²) in [7, 11) is 0. The summed E-state index contributed by atoms with van der Waals surface area (Å²) in [6, 6.07) is 6.07. The number of tetrazole rings is 1. The zero-order valence-corrected chi connectivity index (χ0v) is 14.7. The third-order valence-corrected chi connectivity index (χ3v) is 4.80. The van der Waals surface area contributed by atoms with Crippen LogP contribution in [0.1, 0.15) is 19.9 Å². The van der Waals surface area contributed by atoms with Gasteiger partial charge < -0.3 is 9.80 Å². The molecule has 0 bridgehead atoms. The zero-order chi connectivity index (χ0) is 16.9. The molecule has 1 amide bonds. The molecular weight excluding hydrogens is 326 g/mol. The van der Waals surface area contributed by atoms with Crippen LogP contribution >= 0.6 is 11.8 Å². The fourth-order valence-corrected chi connectivity index (χ4v) is 3.46. The highest BCUT2D eigenvalue weighted by Gasteiger charge is 2.22. The molecule has 2 aromatic heterocycles. The van der Waals surface area contributed by atoms with Crippen LogP contribution in [0.4, 0.5) is 5.82 Å². The second kappa shape index (κ2) is 7.61. The second-order valence-corrected chi connectivity index (χ2v) is 6.79. The summed E-state index contributed by atoms with van der Waals surface area (Å²) in [5.41, 5.74) is 0. The van der Waals surface area contributed by atoms with Crippen molar-refractivity contribution in [3.63, 3.8) is 0 Å². The van der Waals surface area contributed by atoms with Crippen LogP contribution in [0.3, 0.4) is 0 Å². The Bertz CT molecular complexity index is 667. The Kier molecular flexibility index (Phi) is 5.29. The molecule has 0 aromatic carbocycles. The lowest BCUT2D eigenvalue weighted by Crippen LogP contribution is -2.49. The predicted octanol–water partition coefficient (Wildman–Crippen LogP) is 1.09. The number of thioether (sulfide) groups is 1. The van der Waals surface area contributed by atoms with Crippen LogP contribution in [0, 0.1) is 0 Å². The highest BCUT2D eigenvalue weighted by Crippen LogP contribution is 2.19. The van der Waals surface area contributed by atoms with Crippen molar-refractivity contribution in [1.29, 1.82) is 0 Å². The Hall–Kier alpha value is -2.16. The van der Waals surface area contributed by atoms with Gasteiger partial charge in [0.15, 0.2) is 0 Å². The van der Waals surface area contributed by atoms with Crippen LogP contribution in [0.5, 0.6) is 0 Å². The molecule has 128 valence electrons. The summed E-state index contributed by atoms with van der Waals surface area (Å²) in [6.07, 6.45) is 1.79. The van der Waals surface area contributed by atoms with Gasteiger partial charge in [0.2, 0.25) is 11.1 Å². The molecule has 8 nitrogen and oxygen atoms in total. The number of hydrogen-bond donors (Lipinski definition) is 0. The number of nitrogens with zero attached hydrogens (tertiary/aromatic N) is 7. The monoisotopic (exact) mass is 347 g/mol. The molecule has 24 heavy (non-hydrogen) atoms. The van der Waals surface area contributed by atoms with Gasteiger partial charge in [0.05, 0.1) is 11.8 Å². The minimum atomic E-state index is 0.124. The number of hydrogen-bond acceptors (Lipinski definition) is 7. The molecule has 0 atom stereocenters. The van der Waals surface area contributed by atoms with Gasteiger partial charge in [-0.2, -0.15) is 0 Å². The van der Waals surface area contributed by atoms with E-state index in [0.717, 1.165) is 18.9 Å². The van der Waals surface area contributed by atoms with Crippen molar-refractivity contribution in [2.75, 3.05) is 36.8 Å². The molecule has 2 aromatic rings. The maximum Gasteiger partial charge on any atom is 0.233 e. The lowest BCUT2D eigenvalue weighted by Gasteiger charge is -2.35. The number of anilines is 1. The third kappa shape index (κ3) is 3.84. The molecule has 0 saturated carbocycles. The van der Waals surface area contributed by atoms with E-state index in [1.165, 1.54) is 11.8 Å². The molecular formula is C15H21N7OS. The SMILES string of the molecule is CC(C)n1nnnc1SCC(=O)N1CCN(c2ccccn2)CC1. The van der Waals surface area contributed by atoms with E-state index in [0.29, 0.717) is 24.0 Å². The van der Waals surface area contributed by atoms with Crippen molar-refractivity contribution >= 4 is 23.5 Å². The van der Waals surface area contributed by atoms with Crippen LogP contribution in [0.25, 0.3) is 0 Å². The molecule has 0 unspecified atom stereocenters. The Morgan fingerprint density at radius 2 is 2.04 bits per heavy atom. The molecule has 1 fully saturated rings. The highest BCUT2D eigenvalue weighted by atomic mass is 32.2. The lowest BCUT2D eigenvalue weighted by molar-refractivity contribution is -0.128. The standard InChI is InChI=1S/C15H21N7OS/c1-12(2)22-15(17-18-19-22)24-11-14(23)21-9-7-20(8-10-21)13-5-3-4-6-16-13/h3-6,12H,7-11H2,1-2H3. The molecule has 0 spiro atoms. The van der Waals surface area contributed by atoms with Crippen molar-refractivity contribution in [3.05, 3.63) is 24.4 Å². The van der Waals surface area contributed by atoms with Crippen LogP contribution in [-0.2, 0) is 4.79 Å². The van der Waals surface area contributed by atoms with Gasteiger partial charge in [-0.05, 0) is 36.4 Å². The Morgan fingerprint density at radius 1 is 1.25 bits per heavy atom. The fraction of sp³-hybridized carbons (Fsp3) is 0.533. The van der Waals surface area contributed by atoms with Gasteiger partial charge in [0, 0.05) is 32.4 Å². The van der Waals surface area contributed by atoms with Gasteiger partial charge >= 0.3 is 0 Å². The maximum atomic E-state index is 12.4. The van der Waals surface area contributed by atoms with Crippen LogP contribution in [0.2, 0.25) is 0 Å². The fourth-order valence-electron chi connectivity index (χ4n) is 2.55. The first-order chi connectivity index (χ1) is 11.6. The quantitative estimate of drug-likeness (QED) is 0.749. The predicted molar refractivity (Wildman–Crippen MR) is 92.0 cm³/mol. The summed E-state index contributed by atoms with van der Waals surface area (Å²) in [5, 5.41) is 12.3. The van der Waals surface area contributed by atoms with Gasteiger partial charge in [-0.15, -0.1) is 5.10 Å². The summed E-state index contributed by atoms with van der Waals surface area (Å²) < 4.78 is 1.73. The zero-order valence-electron chi connectivity index (χ0n) is 13.9. The van der Waals surface area contributed by atoms with Gasteiger partial charge in [0.1, 0.15) is 5.82 Å². The van der Waals surface area contributed by atoms with Crippen molar-refractivity contribution < 1.29 is 4.79 Å². The summed E-state index contributed by atoms with van der Waals surface area (Å²) in [5.74, 6) is 1.45. The van der Waals surface area contributed by atoms with E-state index in [4.69, 9.17) is 0 Å². The Labute approximate surface area is 145 Å². The van der Waals surface area contributed by atoms with E-state index in [-0.39, 0.29) is 11.9 Å². The molecule has 0 radical (unpaired) electrons. The molecule has 0 N–H and O–H groups in total. The molecule has 3 rings (SSSR count). The largest absolute Gasteiger partial charge is 0.353 e. The van der Waals surface area contributed by atoms with Crippen molar-refractivity contribution in [3.8, 4) is 0 Å². The smallest absolute Gasteiger partial charge is 0.233 e.